The molecule has 5 heterocycles. The zero-order valence-corrected chi connectivity index (χ0v) is 22.1. The highest BCUT2D eigenvalue weighted by Gasteiger charge is 2.46. The minimum absolute atomic E-state index is 0.00582. The third-order valence-corrected chi connectivity index (χ3v) is 7.74. The summed E-state index contributed by atoms with van der Waals surface area (Å²) < 4.78 is 1.93. The van der Waals surface area contributed by atoms with E-state index in [0.29, 0.717) is 47.4 Å². The molecule has 0 radical (unpaired) electrons. The Bertz CT molecular complexity index is 1700. The molecule has 2 atom stereocenters. The second kappa shape index (κ2) is 9.18. The lowest BCUT2D eigenvalue weighted by Gasteiger charge is -2.17. The molecule has 1 N–H and O–H groups in total. The molecule has 0 unspecified atom stereocenters. The van der Waals surface area contributed by atoms with Gasteiger partial charge < -0.3 is 9.72 Å². The molecule has 3 aliphatic rings. The van der Waals surface area contributed by atoms with Crippen LogP contribution in [-0.4, -0.2) is 65.7 Å². The molecule has 7 rings (SSSR count). The van der Waals surface area contributed by atoms with E-state index in [-0.39, 0.29) is 36.2 Å². The minimum atomic E-state index is -0.354. The fourth-order valence-electron chi connectivity index (χ4n) is 5.25. The first-order valence-corrected chi connectivity index (χ1v) is 13.3. The number of nitrogens with one attached hydrogen (secondary N) is 1. The number of imide groups is 1. The number of urea groups is 1. The summed E-state index contributed by atoms with van der Waals surface area (Å²) in [4.78, 5) is 62.7. The van der Waals surface area contributed by atoms with E-state index in [0.717, 1.165) is 34.7 Å². The summed E-state index contributed by atoms with van der Waals surface area (Å²) in [6, 6.07) is 5.22. The number of nitrogens with zero attached hydrogens (tertiary/aromatic N) is 8. The number of carbonyl (C=O) groups excluding carboxylic acids is 3. The summed E-state index contributed by atoms with van der Waals surface area (Å²) in [5.74, 6) is 1.06. The van der Waals surface area contributed by atoms with E-state index in [1.807, 2.05) is 29.7 Å². The quantitative estimate of drug-likeness (QED) is 0.355. The van der Waals surface area contributed by atoms with E-state index in [1.54, 1.807) is 12.3 Å². The van der Waals surface area contributed by atoms with Crippen LogP contribution in [0.4, 0.5) is 16.3 Å². The topological polar surface area (TPSA) is 139 Å². The molecule has 12 heteroatoms. The number of fused-ring (bicyclic) bond motifs is 1. The molecule has 1 saturated heterocycles. The Balaban J connectivity index is 1.10. The van der Waals surface area contributed by atoms with Crippen LogP contribution < -0.4 is 10.2 Å². The fraction of sp³-hybridized carbons (Fsp3) is 0.357. The molecular formula is C28H27N9O3. The molecule has 2 saturated carbocycles. The predicted octanol–water partition coefficient (Wildman–Crippen LogP) is 2.83. The average Bonchev–Trinajstić information content (AvgIpc) is 3.86. The summed E-state index contributed by atoms with van der Waals surface area (Å²) in [7, 11) is 1.49. The van der Waals surface area contributed by atoms with Gasteiger partial charge in [-0.25, -0.2) is 29.7 Å². The number of hydrogen-bond acceptors (Lipinski definition) is 8. The number of aryl methyl sites for hydroxylation is 1. The zero-order chi connectivity index (χ0) is 27.5. The van der Waals surface area contributed by atoms with Crippen molar-refractivity contribution in [2.45, 2.75) is 44.4 Å². The highest BCUT2D eigenvalue weighted by molar-refractivity contribution is 6.13. The maximum absolute atomic E-state index is 12.9. The van der Waals surface area contributed by atoms with Gasteiger partial charge in [0.1, 0.15) is 24.5 Å². The van der Waals surface area contributed by atoms with Gasteiger partial charge in [-0.2, -0.15) is 0 Å². The number of hydrogen-bond donors (Lipinski definition) is 1. The van der Waals surface area contributed by atoms with Crippen LogP contribution in [-0.2, 0) is 16.0 Å². The predicted molar refractivity (Wildman–Crippen MR) is 144 cm³/mol. The molecule has 4 amide bonds. The largest absolute Gasteiger partial charge is 0.331 e. The molecule has 3 fully saturated rings. The Morgan fingerprint density at radius 1 is 1.07 bits per heavy atom. The van der Waals surface area contributed by atoms with Crippen LogP contribution in [0.15, 0.2) is 43.1 Å². The number of amides is 4. The molecule has 0 spiro atoms. The molecule has 202 valence electrons. The molecule has 12 nitrogen and oxygen atoms in total. The Hall–Kier alpha value is -4.74. The second-order valence-electron chi connectivity index (χ2n) is 10.8. The van der Waals surface area contributed by atoms with Crippen molar-refractivity contribution in [2.75, 3.05) is 23.8 Å². The standard InChI is InChI=1S/C28H27N9O3/c1-15-5-6-29-25(32-15)20-10-21(20)27(39)34-23-9-18(30-14-31-23)8-19-12-36-11-17(16-3-4-16)7-22(26(36)33-19)37-13-24(38)35(2)28(37)40/h5-7,9,11-12,14,16,20-21H,3-4,8,10,13H2,1-2H3,(H,30,31,34,39)/t20-,21-/m0/s1. The lowest BCUT2D eigenvalue weighted by Crippen LogP contribution is -2.30. The van der Waals surface area contributed by atoms with E-state index in [2.05, 4.69) is 31.4 Å². The van der Waals surface area contributed by atoms with Gasteiger partial charge in [0.2, 0.25) is 11.8 Å². The van der Waals surface area contributed by atoms with Gasteiger partial charge in [0.05, 0.1) is 17.1 Å². The summed E-state index contributed by atoms with van der Waals surface area (Å²) in [5, 5.41) is 2.91. The number of likely N-dealkylation sites (N-methyl/N-ethyl adjacent to an activating group) is 1. The lowest BCUT2D eigenvalue weighted by atomic mass is 10.1. The first-order chi connectivity index (χ1) is 19.3. The van der Waals surface area contributed by atoms with Crippen LogP contribution in [0.1, 0.15) is 59.6 Å². The van der Waals surface area contributed by atoms with Crippen LogP contribution >= 0.6 is 0 Å². The Morgan fingerprint density at radius 3 is 2.67 bits per heavy atom. The third-order valence-electron chi connectivity index (χ3n) is 7.74. The van der Waals surface area contributed by atoms with E-state index in [4.69, 9.17) is 4.98 Å². The Kier molecular flexibility index (Phi) is 5.58. The van der Waals surface area contributed by atoms with Crippen molar-refractivity contribution in [3.8, 4) is 0 Å². The number of rotatable bonds is 7. The number of pyridine rings is 1. The van der Waals surface area contributed by atoms with Gasteiger partial charge in [-0.3, -0.25) is 19.4 Å². The normalized spacial score (nSPS) is 20.4. The molecule has 40 heavy (non-hydrogen) atoms. The van der Waals surface area contributed by atoms with Crippen LogP contribution in [0, 0.1) is 12.8 Å². The number of aromatic nitrogens is 6. The summed E-state index contributed by atoms with van der Waals surface area (Å²) in [6.45, 7) is 1.90. The summed E-state index contributed by atoms with van der Waals surface area (Å²) in [6.07, 6.45) is 10.4. The van der Waals surface area contributed by atoms with Gasteiger partial charge in [-0.05, 0) is 49.8 Å². The molecular weight excluding hydrogens is 510 g/mol. The van der Waals surface area contributed by atoms with E-state index in [1.165, 1.54) is 18.3 Å². The highest BCUT2D eigenvalue weighted by Crippen LogP contribution is 2.46. The van der Waals surface area contributed by atoms with E-state index < -0.39 is 0 Å². The Morgan fingerprint density at radius 2 is 1.93 bits per heavy atom. The molecule has 2 aliphatic carbocycles. The van der Waals surface area contributed by atoms with Crippen molar-refractivity contribution in [3.05, 3.63) is 71.6 Å². The number of anilines is 2. The van der Waals surface area contributed by atoms with Crippen molar-refractivity contribution in [3.63, 3.8) is 0 Å². The maximum atomic E-state index is 12.9. The molecule has 1 aliphatic heterocycles. The van der Waals surface area contributed by atoms with Gasteiger partial charge in [0, 0.05) is 55.7 Å². The maximum Gasteiger partial charge on any atom is 0.331 e. The van der Waals surface area contributed by atoms with Crippen molar-refractivity contribution in [2.24, 2.45) is 5.92 Å². The second-order valence-corrected chi connectivity index (χ2v) is 10.8. The van der Waals surface area contributed by atoms with Crippen LogP contribution in [0.5, 0.6) is 0 Å². The van der Waals surface area contributed by atoms with E-state index >= 15 is 0 Å². The van der Waals surface area contributed by atoms with Crippen molar-refractivity contribution in [1.29, 1.82) is 0 Å². The fourth-order valence-corrected chi connectivity index (χ4v) is 5.25. The molecule has 4 aromatic heterocycles. The van der Waals surface area contributed by atoms with Crippen molar-refractivity contribution >= 4 is 35.0 Å². The monoisotopic (exact) mass is 537 g/mol. The summed E-state index contributed by atoms with van der Waals surface area (Å²) >= 11 is 0. The van der Waals surface area contributed by atoms with Gasteiger partial charge >= 0.3 is 6.03 Å². The molecule has 0 aromatic carbocycles. The smallest absolute Gasteiger partial charge is 0.310 e. The number of imidazole rings is 1. The van der Waals surface area contributed by atoms with E-state index in [9.17, 15) is 14.4 Å². The first kappa shape index (κ1) is 24.3. The van der Waals surface area contributed by atoms with Gasteiger partial charge in [0.15, 0.2) is 5.65 Å². The summed E-state index contributed by atoms with van der Waals surface area (Å²) in [5.41, 5.74) is 4.69. The zero-order valence-electron chi connectivity index (χ0n) is 22.1. The SMILES string of the molecule is Cc1ccnc([C@H]2C[C@@H]2C(=O)Nc2cc(Cc3cn4cc(C5CC5)cc(N5CC(=O)N(C)C5=O)c4n3)ncn2)n1. The van der Waals surface area contributed by atoms with Crippen molar-refractivity contribution < 1.29 is 14.4 Å². The van der Waals surface area contributed by atoms with Crippen LogP contribution in [0.25, 0.3) is 5.65 Å². The highest BCUT2D eigenvalue weighted by atomic mass is 16.2. The minimum Gasteiger partial charge on any atom is -0.310 e. The lowest BCUT2D eigenvalue weighted by molar-refractivity contribution is -0.124. The van der Waals surface area contributed by atoms with Crippen LogP contribution in [0.3, 0.4) is 0 Å². The molecule has 0 bridgehead atoms. The van der Waals surface area contributed by atoms with Crippen molar-refractivity contribution in [1.82, 2.24) is 34.2 Å². The number of carbonyl (C=O) groups is 3. The first-order valence-electron chi connectivity index (χ1n) is 13.3. The van der Waals surface area contributed by atoms with Crippen LogP contribution in [0.2, 0.25) is 0 Å². The van der Waals surface area contributed by atoms with Gasteiger partial charge in [-0.1, -0.05) is 0 Å². The van der Waals surface area contributed by atoms with Gasteiger partial charge in [0.25, 0.3) is 0 Å². The Labute approximate surface area is 229 Å². The third kappa shape index (κ3) is 4.44. The van der Waals surface area contributed by atoms with Gasteiger partial charge in [-0.15, -0.1) is 0 Å². The molecule has 4 aromatic rings. The average molecular weight is 538 g/mol.